The molecule has 0 aromatic heterocycles. The Labute approximate surface area is 66.2 Å². The Hall–Kier alpha value is -1.07. The highest BCUT2D eigenvalue weighted by Gasteiger charge is 2.47. The van der Waals surface area contributed by atoms with Gasteiger partial charge in [0.1, 0.15) is 5.71 Å². The summed E-state index contributed by atoms with van der Waals surface area (Å²) in [6, 6.07) is 0. The zero-order valence-electron chi connectivity index (χ0n) is 6.18. The number of alkyl halides is 3. The number of hydrogen-bond donors (Lipinski definition) is 0. The van der Waals surface area contributed by atoms with E-state index in [1.54, 1.807) is 6.92 Å². The van der Waals surface area contributed by atoms with Gasteiger partial charge >= 0.3 is 12.1 Å². The summed E-state index contributed by atoms with van der Waals surface area (Å²) >= 11 is 0. The van der Waals surface area contributed by atoms with Crippen molar-refractivity contribution in [2.24, 2.45) is 4.99 Å². The van der Waals surface area contributed by atoms with E-state index >= 15 is 0 Å². The summed E-state index contributed by atoms with van der Waals surface area (Å²) in [5.41, 5.74) is -0.155. The third-order valence-electron chi connectivity index (χ3n) is 1.34. The number of rotatable bonds is 1. The minimum Gasteiger partial charge on any atom is -0.425 e. The summed E-state index contributed by atoms with van der Waals surface area (Å²) in [6.45, 7) is 1.54. The van der Waals surface area contributed by atoms with Gasteiger partial charge in [0.25, 0.3) is 6.23 Å². The second kappa shape index (κ2) is 2.76. The molecule has 1 atom stereocenters. The normalized spacial score (nSPS) is 23.8. The van der Waals surface area contributed by atoms with E-state index in [-0.39, 0.29) is 12.1 Å². The van der Waals surface area contributed by atoms with Crippen LogP contribution in [-0.4, -0.2) is 24.1 Å². The van der Waals surface area contributed by atoms with Gasteiger partial charge in [0.2, 0.25) is 0 Å². The van der Waals surface area contributed by atoms with Crippen LogP contribution in [0.1, 0.15) is 13.3 Å². The van der Waals surface area contributed by atoms with Crippen molar-refractivity contribution in [2.45, 2.75) is 25.7 Å². The third-order valence-corrected chi connectivity index (χ3v) is 1.34. The van der Waals surface area contributed by atoms with Crippen molar-refractivity contribution in [1.29, 1.82) is 0 Å². The van der Waals surface area contributed by atoms with Crippen molar-refractivity contribution in [2.75, 3.05) is 0 Å². The molecule has 0 amide bonds. The molecular weight excluding hydrogens is 175 g/mol. The third kappa shape index (κ3) is 1.57. The van der Waals surface area contributed by atoms with Gasteiger partial charge in [-0.3, -0.25) is 0 Å². The fourth-order valence-electron chi connectivity index (χ4n) is 0.766. The molecule has 1 unspecified atom stereocenters. The SMILES string of the molecule is CCC1=NC(C(F)(F)F)OC1=O. The van der Waals surface area contributed by atoms with Gasteiger partial charge in [-0.2, -0.15) is 13.2 Å². The minimum absolute atomic E-state index is 0.155. The van der Waals surface area contributed by atoms with Gasteiger partial charge in [-0.15, -0.1) is 0 Å². The van der Waals surface area contributed by atoms with Gasteiger partial charge in [0.05, 0.1) is 0 Å². The van der Waals surface area contributed by atoms with Gasteiger partial charge in [-0.25, -0.2) is 9.79 Å². The molecular formula is C6H6F3NO2. The zero-order valence-corrected chi connectivity index (χ0v) is 6.18. The number of nitrogens with zero attached hydrogens (tertiary/aromatic N) is 1. The maximum atomic E-state index is 11.9. The minimum atomic E-state index is -4.59. The Kier molecular flexibility index (Phi) is 2.08. The molecule has 3 nitrogen and oxygen atoms in total. The smallest absolute Gasteiger partial charge is 0.425 e. The van der Waals surface area contributed by atoms with Gasteiger partial charge < -0.3 is 4.74 Å². The van der Waals surface area contributed by atoms with E-state index in [0.717, 1.165) is 0 Å². The Morgan fingerprint density at radius 3 is 2.42 bits per heavy atom. The lowest BCUT2D eigenvalue weighted by Gasteiger charge is -2.09. The first-order valence-electron chi connectivity index (χ1n) is 3.29. The summed E-state index contributed by atoms with van der Waals surface area (Å²) in [4.78, 5) is 13.7. The Morgan fingerprint density at radius 1 is 1.58 bits per heavy atom. The fraction of sp³-hybridized carbons (Fsp3) is 0.667. The van der Waals surface area contributed by atoms with Crippen LogP contribution in [0.4, 0.5) is 13.2 Å². The van der Waals surface area contributed by atoms with Gasteiger partial charge in [0.15, 0.2) is 0 Å². The maximum Gasteiger partial charge on any atom is 0.447 e. The summed E-state index contributed by atoms with van der Waals surface area (Å²) in [5, 5.41) is 0. The Bertz CT molecular complexity index is 233. The van der Waals surface area contributed by atoms with Gasteiger partial charge in [0, 0.05) is 0 Å². The van der Waals surface area contributed by atoms with Crippen molar-refractivity contribution < 1.29 is 22.7 Å². The number of carbonyl (C=O) groups is 1. The predicted molar refractivity (Wildman–Crippen MR) is 33.7 cm³/mol. The highest BCUT2D eigenvalue weighted by Crippen LogP contribution is 2.27. The molecule has 1 aliphatic heterocycles. The van der Waals surface area contributed by atoms with Crippen molar-refractivity contribution >= 4 is 11.7 Å². The Balaban J connectivity index is 2.77. The van der Waals surface area contributed by atoms with E-state index in [2.05, 4.69) is 9.73 Å². The number of ether oxygens (including phenoxy) is 1. The molecule has 1 rings (SSSR count). The quantitative estimate of drug-likeness (QED) is 0.571. The molecule has 0 fully saturated rings. The van der Waals surface area contributed by atoms with Crippen LogP contribution in [0, 0.1) is 0 Å². The van der Waals surface area contributed by atoms with Crippen molar-refractivity contribution in [3.63, 3.8) is 0 Å². The number of cyclic esters (lactones) is 1. The van der Waals surface area contributed by atoms with E-state index in [4.69, 9.17) is 0 Å². The highest BCUT2D eigenvalue weighted by atomic mass is 19.4. The number of hydrogen-bond acceptors (Lipinski definition) is 3. The molecule has 0 N–H and O–H groups in total. The maximum absolute atomic E-state index is 11.9. The molecule has 6 heteroatoms. The van der Waals surface area contributed by atoms with E-state index < -0.39 is 18.4 Å². The molecule has 12 heavy (non-hydrogen) atoms. The number of carbonyl (C=O) groups excluding carboxylic acids is 1. The Morgan fingerprint density at radius 2 is 2.17 bits per heavy atom. The van der Waals surface area contributed by atoms with Gasteiger partial charge in [-0.1, -0.05) is 6.92 Å². The lowest BCUT2D eigenvalue weighted by atomic mass is 10.3. The van der Waals surface area contributed by atoms with Crippen LogP contribution in [0.3, 0.4) is 0 Å². The van der Waals surface area contributed by atoms with Crippen LogP contribution < -0.4 is 0 Å². The first kappa shape index (κ1) is 9.02. The first-order chi connectivity index (χ1) is 5.45. The topological polar surface area (TPSA) is 38.7 Å². The molecule has 68 valence electrons. The highest BCUT2D eigenvalue weighted by molar-refractivity contribution is 6.37. The van der Waals surface area contributed by atoms with Crippen LogP contribution in [0.5, 0.6) is 0 Å². The molecule has 0 aromatic rings. The number of aliphatic imine (C=N–C) groups is 1. The summed E-state index contributed by atoms with van der Waals surface area (Å²) < 4.78 is 39.5. The predicted octanol–water partition coefficient (Wildman–Crippen LogP) is 1.28. The van der Waals surface area contributed by atoms with Crippen LogP contribution in [0.15, 0.2) is 4.99 Å². The van der Waals surface area contributed by atoms with E-state index in [1.807, 2.05) is 0 Å². The van der Waals surface area contributed by atoms with E-state index in [9.17, 15) is 18.0 Å². The molecule has 0 spiro atoms. The monoisotopic (exact) mass is 181 g/mol. The van der Waals surface area contributed by atoms with E-state index in [1.165, 1.54) is 0 Å². The number of esters is 1. The molecule has 1 aliphatic rings. The second-order valence-corrected chi connectivity index (χ2v) is 2.23. The van der Waals surface area contributed by atoms with E-state index in [0.29, 0.717) is 0 Å². The largest absolute Gasteiger partial charge is 0.447 e. The summed E-state index contributed by atoms with van der Waals surface area (Å²) in [5.74, 6) is -0.972. The molecule has 0 bridgehead atoms. The van der Waals surface area contributed by atoms with Crippen LogP contribution in [-0.2, 0) is 9.53 Å². The second-order valence-electron chi connectivity index (χ2n) is 2.23. The lowest BCUT2D eigenvalue weighted by molar-refractivity contribution is -0.210. The average Bonchev–Trinajstić information content (AvgIpc) is 2.29. The molecule has 0 saturated heterocycles. The lowest BCUT2D eigenvalue weighted by Crippen LogP contribution is -2.27. The van der Waals surface area contributed by atoms with Gasteiger partial charge in [-0.05, 0) is 6.42 Å². The first-order valence-corrected chi connectivity index (χ1v) is 3.29. The van der Waals surface area contributed by atoms with Crippen LogP contribution >= 0.6 is 0 Å². The van der Waals surface area contributed by atoms with Crippen molar-refractivity contribution in [3.8, 4) is 0 Å². The van der Waals surface area contributed by atoms with Crippen LogP contribution in [0.2, 0.25) is 0 Å². The van der Waals surface area contributed by atoms with Crippen LogP contribution in [0.25, 0.3) is 0 Å². The molecule has 1 heterocycles. The number of halogens is 3. The molecule has 0 saturated carbocycles. The molecule has 0 radical (unpaired) electrons. The average molecular weight is 181 g/mol. The van der Waals surface area contributed by atoms with Crippen molar-refractivity contribution in [1.82, 2.24) is 0 Å². The fourth-order valence-corrected chi connectivity index (χ4v) is 0.766. The summed E-state index contributed by atoms with van der Waals surface area (Å²) in [7, 11) is 0. The van der Waals surface area contributed by atoms with Crippen molar-refractivity contribution in [3.05, 3.63) is 0 Å². The zero-order chi connectivity index (χ0) is 9.35. The summed E-state index contributed by atoms with van der Waals surface area (Å²) in [6.07, 6.45) is -6.72. The molecule has 0 aliphatic carbocycles. The standard InChI is InChI=1S/C6H6F3NO2/c1-2-3-4(11)12-5(10-3)6(7,8)9/h5H,2H2,1H3. The molecule has 0 aromatic carbocycles.